The molecule has 246 valence electrons. The highest BCUT2D eigenvalue weighted by Gasteiger charge is 2.27. The van der Waals surface area contributed by atoms with E-state index in [2.05, 4.69) is 46.4 Å². The number of hydrogen-bond acceptors (Lipinski definition) is 7. The fourth-order valence-corrected chi connectivity index (χ4v) is 8.67. The lowest BCUT2D eigenvalue weighted by Gasteiger charge is -2.28. The number of hydrogen-bond donors (Lipinski definition) is 0. The van der Waals surface area contributed by atoms with Crippen LogP contribution in [0.3, 0.4) is 0 Å². The molecule has 0 saturated heterocycles. The van der Waals surface area contributed by atoms with Crippen molar-refractivity contribution < 1.29 is 23.2 Å². The summed E-state index contributed by atoms with van der Waals surface area (Å²) in [4.78, 5) is 42.1. The standard InChI is InChI=1S/C23H18NO2P.C12H9NO2.C7H6O/c25-22(23-16-24-18-26-23)17-27(19-10-4-1-5-11-19,20-12-6-2-7-13-20)21-14-8-3-9-15-21;14-11(12-8-13-9-15-12)7-6-10-4-2-1-3-5-10;8-6-7-4-2-1-3-5-7/h1-18H;1-9H;1-6H/b;7-6+;. The molecular formula is C42H33N2O5P. The summed E-state index contributed by atoms with van der Waals surface area (Å²) in [6, 6.07) is 49.3. The number of oxazole rings is 2. The number of carbonyl (C=O) groups is 3. The Hall–Kier alpha value is -6.43. The van der Waals surface area contributed by atoms with Gasteiger partial charge in [-0.15, -0.1) is 0 Å². The summed E-state index contributed by atoms with van der Waals surface area (Å²) in [6.45, 7) is -2.31. The number of allylic oxidation sites excluding steroid dienone is 1. The molecule has 0 aliphatic carbocycles. The Morgan fingerprint density at radius 1 is 0.500 bits per heavy atom. The zero-order valence-corrected chi connectivity index (χ0v) is 27.8. The predicted octanol–water partition coefficient (Wildman–Crippen LogP) is 7.72. The van der Waals surface area contributed by atoms with E-state index in [4.69, 9.17) is 8.83 Å². The largest absolute Gasteiger partial charge is 0.440 e. The zero-order chi connectivity index (χ0) is 34.9. The van der Waals surface area contributed by atoms with Crippen molar-refractivity contribution in [3.63, 3.8) is 0 Å². The van der Waals surface area contributed by atoms with E-state index >= 15 is 0 Å². The first-order chi connectivity index (χ1) is 24.6. The van der Waals surface area contributed by atoms with E-state index in [1.54, 1.807) is 18.2 Å². The number of aldehydes is 1. The minimum absolute atomic E-state index is 0.155. The van der Waals surface area contributed by atoms with Gasteiger partial charge in [0, 0.05) is 5.56 Å². The third-order valence-corrected chi connectivity index (χ3v) is 11.3. The first-order valence-electron chi connectivity index (χ1n) is 15.6. The van der Waals surface area contributed by atoms with Crippen LogP contribution in [0.4, 0.5) is 0 Å². The van der Waals surface area contributed by atoms with Gasteiger partial charge in [-0.3, -0.25) is 14.4 Å². The number of benzene rings is 5. The van der Waals surface area contributed by atoms with Crippen molar-refractivity contribution in [1.29, 1.82) is 0 Å². The van der Waals surface area contributed by atoms with Crippen LogP contribution in [0.15, 0.2) is 192 Å². The summed E-state index contributed by atoms with van der Waals surface area (Å²) in [5.74, 6) is 2.01. The molecule has 8 heteroatoms. The highest BCUT2D eigenvalue weighted by Crippen LogP contribution is 2.43. The third kappa shape index (κ3) is 9.34. The van der Waals surface area contributed by atoms with Crippen LogP contribution >= 0.6 is 6.89 Å². The van der Waals surface area contributed by atoms with E-state index in [1.807, 2.05) is 109 Å². The molecule has 2 aromatic heterocycles. The van der Waals surface area contributed by atoms with Crippen molar-refractivity contribution in [3.05, 3.63) is 206 Å². The molecule has 0 atom stereocenters. The van der Waals surface area contributed by atoms with Gasteiger partial charge in [0.05, 0.1) is 12.4 Å². The van der Waals surface area contributed by atoms with Crippen molar-refractivity contribution in [1.82, 2.24) is 9.97 Å². The molecule has 0 radical (unpaired) electrons. The molecule has 0 spiro atoms. The molecule has 0 amide bonds. The first-order valence-corrected chi connectivity index (χ1v) is 17.5. The average Bonchev–Trinajstić information content (AvgIpc) is 3.95. The fraction of sp³-hybridized carbons (Fsp3) is 0. The smallest absolute Gasteiger partial charge is 0.223 e. The van der Waals surface area contributed by atoms with Crippen molar-refractivity contribution in [2.24, 2.45) is 0 Å². The third-order valence-electron chi connectivity index (χ3n) is 7.31. The number of rotatable bonds is 9. The molecule has 0 aliphatic heterocycles. The van der Waals surface area contributed by atoms with Crippen LogP contribution in [0.25, 0.3) is 6.08 Å². The summed E-state index contributed by atoms with van der Waals surface area (Å²) in [5, 5.41) is 3.36. The Morgan fingerprint density at radius 3 is 1.24 bits per heavy atom. The van der Waals surface area contributed by atoms with Gasteiger partial charge in [0.1, 0.15) is 6.29 Å². The molecule has 7 nitrogen and oxygen atoms in total. The van der Waals surface area contributed by atoms with E-state index in [0.717, 1.165) is 33.3 Å². The van der Waals surface area contributed by atoms with Crippen LogP contribution in [0.1, 0.15) is 37.0 Å². The number of nitrogens with zero attached hydrogens (tertiary/aromatic N) is 2. The lowest BCUT2D eigenvalue weighted by molar-refractivity contribution is 0.102. The minimum atomic E-state index is -2.31. The number of aromatic nitrogens is 2. The molecule has 0 fully saturated rings. The van der Waals surface area contributed by atoms with E-state index in [9.17, 15) is 14.4 Å². The molecule has 0 unspecified atom stereocenters. The Kier molecular flexibility index (Phi) is 12.7. The van der Waals surface area contributed by atoms with Gasteiger partial charge < -0.3 is 8.83 Å². The normalized spacial score (nSPS) is 10.6. The molecule has 0 bridgehead atoms. The number of ketones is 2. The molecule has 7 rings (SSSR count). The van der Waals surface area contributed by atoms with E-state index in [1.165, 1.54) is 31.3 Å². The molecule has 0 N–H and O–H groups in total. The van der Waals surface area contributed by atoms with Crippen LogP contribution in [0.5, 0.6) is 0 Å². The molecule has 50 heavy (non-hydrogen) atoms. The average molecular weight is 677 g/mol. The molecule has 7 aromatic rings. The van der Waals surface area contributed by atoms with Crippen molar-refractivity contribution >= 4 is 52.5 Å². The molecule has 0 aliphatic rings. The topological polar surface area (TPSA) is 103 Å². The SMILES string of the molecule is O=C(/C=C/c1ccccc1)c1cnco1.O=C(C=P(c1ccccc1)(c1ccccc1)c1ccccc1)c1cnco1.O=Cc1ccccc1. The van der Waals surface area contributed by atoms with Gasteiger partial charge >= 0.3 is 0 Å². The quantitative estimate of drug-likeness (QED) is 0.0668. The van der Waals surface area contributed by atoms with Gasteiger partial charge in [0.2, 0.25) is 11.6 Å². The van der Waals surface area contributed by atoms with Crippen LogP contribution in [0.2, 0.25) is 0 Å². The summed E-state index contributed by atoms with van der Waals surface area (Å²) >= 11 is 0. The molecule has 2 heterocycles. The van der Waals surface area contributed by atoms with E-state index in [-0.39, 0.29) is 23.1 Å². The zero-order valence-electron chi connectivity index (χ0n) is 26.9. The molecular weight excluding hydrogens is 643 g/mol. The molecule has 0 saturated carbocycles. The fourth-order valence-electron chi connectivity index (χ4n) is 4.92. The lowest BCUT2D eigenvalue weighted by atomic mass is 10.2. The van der Waals surface area contributed by atoms with Crippen molar-refractivity contribution in [2.45, 2.75) is 0 Å². The van der Waals surface area contributed by atoms with Crippen molar-refractivity contribution in [2.75, 3.05) is 0 Å². The Balaban J connectivity index is 0.000000176. The highest BCUT2D eigenvalue weighted by molar-refractivity contribution is 7.95. The van der Waals surface area contributed by atoms with E-state index in [0.29, 0.717) is 0 Å². The molecule has 5 aromatic carbocycles. The summed E-state index contributed by atoms with van der Waals surface area (Å²) in [7, 11) is 0. The Morgan fingerprint density at radius 2 is 0.880 bits per heavy atom. The highest BCUT2D eigenvalue weighted by atomic mass is 31.2. The Labute approximate surface area is 290 Å². The summed E-state index contributed by atoms with van der Waals surface area (Å²) < 4.78 is 10.1. The predicted molar refractivity (Wildman–Crippen MR) is 200 cm³/mol. The maximum Gasteiger partial charge on any atom is 0.223 e. The second kappa shape index (κ2) is 18.2. The minimum Gasteiger partial charge on any atom is -0.440 e. The lowest BCUT2D eigenvalue weighted by Crippen LogP contribution is -2.28. The van der Waals surface area contributed by atoms with Gasteiger partial charge in [-0.25, -0.2) is 9.97 Å². The monoisotopic (exact) mass is 676 g/mol. The summed E-state index contributed by atoms with van der Waals surface area (Å²) in [5.41, 5.74) is 1.71. The maximum atomic E-state index is 13.1. The first kappa shape index (κ1) is 34.9. The van der Waals surface area contributed by atoms with Crippen LogP contribution in [-0.4, -0.2) is 33.6 Å². The summed E-state index contributed by atoms with van der Waals surface area (Å²) in [6.07, 6.45) is 9.44. The van der Waals surface area contributed by atoms with Crippen LogP contribution in [-0.2, 0) is 0 Å². The van der Waals surface area contributed by atoms with Crippen molar-refractivity contribution in [3.8, 4) is 0 Å². The maximum absolute atomic E-state index is 13.1. The van der Waals surface area contributed by atoms with Gasteiger partial charge in [-0.05, 0) is 40.2 Å². The van der Waals surface area contributed by atoms with Gasteiger partial charge in [0.25, 0.3) is 0 Å². The second-order valence-electron chi connectivity index (χ2n) is 10.6. The van der Waals surface area contributed by atoms with E-state index < -0.39 is 6.89 Å². The van der Waals surface area contributed by atoms with Crippen LogP contribution in [0, 0.1) is 0 Å². The second-order valence-corrected chi connectivity index (χ2v) is 13.8. The van der Waals surface area contributed by atoms with Crippen LogP contribution < -0.4 is 15.9 Å². The Bertz CT molecular complexity index is 2030. The van der Waals surface area contributed by atoms with Gasteiger partial charge in [-0.1, -0.05) is 158 Å². The van der Waals surface area contributed by atoms with Gasteiger partial charge in [0.15, 0.2) is 24.3 Å². The number of carbonyl (C=O) groups excluding carboxylic acids is 3. The number of Topliss-reactive ketones (excluding diaryl/α,β-unsaturated/α-hetero) is 1. The van der Waals surface area contributed by atoms with Gasteiger partial charge in [-0.2, -0.15) is 0 Å².